The minimum Gasteiger partial charge on any atom is -0.484 e. The molecule has 7 heteroatoms. The van der Waals surface area contributed by atoms with Gasteiger partial charge in [0.2, 0.25) is 0 Å². The lowest BCUT2D eigenvalue weighted by molar-refractivity contribution is -0.118. The average Bonchev–Trinajstić information content (AvgIpc) is 2.99. The molecule has 1 heterocycles. The van der Waals surface area contributed by atoms with Gasteiger partial charge in [0.15, 0.2) is 6.61 Å². The van der Waals surface area contributed by atoms with Crippen LogP contribution in [-0.4, -0.2) is 22.5 Å². The van der Waals surface area contributed by atoms with Crippen LogP contribution in [0.2, 0.25) is 0 Å². The molecule has 130 valence electrons. The zero-order chi connectivity index (χ0) is 18.1. The van der Waals surface area contributed by atoms with E-state index in [0.29, 0.717) is 22.5 Å². The van der Waals surface area contributed by atoms with E-state index in [1.807, 2.05) is 36.4 Å². The molecule has 26 heavy (non-hydrogen) atoms. The minimum atomic E-state index is -0.282. The summed E-state index contributed by atoms with van der Waals surface area (Å²) >= 11 is 3.44. The van der Waals surface area contributed by atoms with Crippen molar-refractivity contribution in [2.45, 2.75) is 0 Å². The third kappa shape index (κ3) is 3.48. The van der Waals surface area contributed by atoms with Gasteiger partial charge >= 0.3 is 5.69 Å². The lowest BCUT2D eigenvalue weighted by Gasteiger charge is -2.08. The predicted molar refractivity (Wildman–Crippen MR) is 105 cm³/mol. The molecule has 3 N–H and O–H groups in total. The second-order valence-corrected chi connectivity index (χ2v) is 6.75. The normalized spacial score (nSPS) is 11.0. The largest absolute Gasteiger partial charge is 0.484 e. The maximum Gasteiger partial charge on any atom is 0.323 e. The summed E-state index contributed by atoms with van der Waals surface area (Å²) in [5, 5.41) is 4.88. The number of amides is 1. The van der Waals surface area contributed by atoms with E-state index in [9.17, 15) is 9.59 Å². The molecule has 4 aromatic rings. The number of ether oxygens (including phenoxy) is 1. The highest BCUT2D eigenvalue weighted by Gasteiger charge is 2.06. The van der Waals surface area contributed by atoms with Gasteiger partial charge in [-0.05, 0) is 53.2 Å². The first-order valence-electron chi connectivity index (χ1n) is 7.91. The summed E-state index contributed by atoms with van der Waals surface area (Å²) in [6, 6.07) is 16.8. The van der Waals surface area contributed by atoms with Gasteiger partial charge in [0, 0.05) is 10.2 Å². The van der Waals surface area contributed by atoms with Crippen LogP contribution in [0.3, 0.4) is 0 Å². The molecule has 0 bridgehead atoms. The summed E-state index contributed by atoms with van der Waals surface area (Å²) in [6.07, 6.45) is 0. The molecule has 0 saturated heterocycles. The quantitative estimate of drug-likeness (QED) is 0.477. The van der Waals surface area contributed by atoms with E-state index >= 15 is 0 Å². The Morgan fingerprint density at radius 3 is 2.62 bits per heavy atom. The van der Waals surface area contributed by atoms with Crippen molar-refractivity contribution in [3.63, 3.8) is 0 Å². The molecule has 1 amide bonds. The molecular weight excluding hydrogens is 398 g/mol. The Morgan fingerprint density at radius 1 is 0.962 bits per heavy atom. The summed E-state index contributed by atoms with van der Waals surface area (Å²) in [7, 11) is 0. The Bertz CT molecular complexity index is 1180. The van der Waals surface area contributed by atoms with Crippen LogP contribution >= 0.6 is 15.9 Å². The number of carbonyl (C=O) groups excluding carboxylic acids is 1. The van der Waals surface area contributed by atoms with Crippen LogP contribution in [0.5, 0.6) is 5.75 Å². The fraction of sp³-hybridized carbons (Fsp3) is 0.0526. The molecule has 4 rings (SSSR count). The van der Waals surface area contributed by atoms with E-state index in [1.165, 1.54) is 0 Å². The number of anilines is 1. The maximum atomic E-state index is 12.1. The number of hydrogen-bond acceptors (Lipinski definition) is 3. The molecule has 0 aliphatic heterocycles. The van der Waals surface area contributed by atoms with E-state index < -0.39 is 0 Å². The molecule has 1 aromatic heterocycles. The van der Waals surface area contributed by atoms with Gasteiger partial charge in [0.1, 0.15) is 5.75 Å². The van der Waals surface area contributed by atoms with Gasteiger partial charge in [0.05, 0.1) is 11.0 Å². The average molecular weight is 412 g/mol. The number of benzene rings is 3. The number of nitrogens with one attached hydrogen (secondary N) is 3. The smallest absolute Gasteiger partial charge is 0.323 e. The van der Waals surface area contributed by atoms with Gasteiger partial charge in [-0.15, -0.1) is 0 Å². The highest BCUT2D eigenvalue weighted by Crippen LogP contribution is 2.24. The molecule has 0 aliphatic rings. The van der Waals surface area contributed by atoms with Crippen molar-refractivity contribution in [1.29, 1.82) is 0 Å². The maximum absolute atomic E-state index is 12.1. The monoisotopic (exact) mass is 411 g/mol. The molecular formula is C19H14BrN3O3. The molecule has 0 spiro atoms. The molecule has 0 saturated carbocycles. The Kier molecular flexibility index (Phi) is 4.22. The van der Waals surface area contributed by atoms with Crippen molar-refractivity contribution < 1.29 is 9.53 Å². The number of imidazole rings is 1. The van der Waals surface area contributed by atoms with Crippen molar-refractivity contribution >= 4 is 49.3 Å². The van der Waals surface area contributed by atoms with E-state index in [2.05, 4.69) is 31.2 Å². The lowest BCUT2D eigenvalue weighted by Crippen LogP contribution is -2.20. The van der Waals surface area contributed by atoms with Crippen LogP contribution in [-0.2, 0) is 4.79 Å². The molecule has 0 fully saturated rings. The number of halogens is 1. The summed E-state index contributed by atoms with van der Waals surface area (Å²) in [4.78, 5) is 28.7. The summed E-state index contributed by atoms with van der Waals surface area (Å²) in [5.74, 6) is 0.346. The topological polar surface area (TPSA) is 87.0 Å². The number of aromatic nitrogens is 2. The van der Waals surface area contributed by atoms with Crippen molar-refractivity contribution in [2.75, 3.05) is 11.9 Å². The van der Waals surface area contributed by atoms with Crippen LogP contribution < -0.4 is 15.7 Å². The summed E-state index contributed by atoms with van der Waals surface area (Å²) in [6.45, 7) is -0.107. The second kappa shape index (κ2) is 6.68. The molecule has 0 radical (unpaired) electrons. The molecule has 0 unspecified atom stereocenters. The van der Waals surface area contributed by atoms with E-state index in [-0.39, 0.29) is 18.2 Å². The first-order valence-corrected chi connectivity index (χ1v) is 8.70. The number of hydrogen-bond donors (Lipinski definition) is 3. The van der Waals surface area contributed by atoms with Gasteiger partial charge in [-0.3, -0.25) is 4.79 Å². The SMILES string of the molecule is O=C(COc1ccc2cc(Br)ccc2c1)Nc1ccc2[nH]c(=O)[nH]c2c1. The Balaban J connectivity index is 1.42. The molecule has 0 atom stereocenters. The second-order valence-electron chi connectivity index (χ2n) is 5.83. The minimum absolute atomic E-state index is 0.107. The number of fused-ring (bicyclic) bond motifs is 2. The van der Waals surface area contributed by atoms with Gasteiger partial charge in [-0.2, -0.15) is 0 Å². The lowest BCUT2D eigenvalue weighted by atomic mass is 10.1. The van der Waals surface area contributed by atoms with Crippen LogP contribution in [0, 0.1) is 0 Å². The fourth-order valence-electron chi connectivity index (χ4n) is 2.74. The van der Waals surface area contributed by atoms with Crippen molar-refractivity contribution in [3.05, 3.63) is 69.6 Å². The fourth-order valence-corrected chi connectivity index (χ4v) is 3.12. The van der Waals surface area contributed by atoms with Gasteiger partial charge in [-0.25, -0.2) is 4.79 Å². The highest BCUT2D eigenvalue weighted by atomic mass is 79.9. The number of H-pyrrole nitrogens is 2. The zero-order valence-electron chi connectivity index (χ0n) is 13.5. The van der Waals surface area contributed by atoms with Crippen LogP contribution in [0.4, 0.5) is 5.69 Å². The predicted octanol–water partition coefficient (Wildman–Crippen LogP) is 3.79. The van der Waals surface area contributed by atoms with Crippen molar-refractivity contribution in [1.82, 2.24) is 9.97 Å². The van der Waals surface area contributed by atoms with E-state index in [4.69, 9.17) is 4.74 Å². The van der Waals surface area contributed by atoms with Crippen LogP contribution in [0.25, 0.3) is 21.8 Å². The first-order chi connectivity index (χ1) is 12.6. The van der Waals surface area contributed by atoms with Crippen LogP contribution in [0.15, 0.2) is 63.9 Å². The highest BCUT2D eigenvalue weighted by molar-refractivity contribution is 9.10. The van der Waals surface area contributed by atoms with Crippen molar-refractivity contribution in [2.24, 2.45) is 0 Å². The van der Waals surface area contributed by atoms with Gasteiger partial charge < -0.3 is 20.0 Å². The molecule has 6 nitrogen and oxygen atoms in total. The summed E-state index contributed by atoms with van der Waals surface area (Å²) in [5.41, 5.74) is 1.63. The third-order valence-electron chi connectivity index (χ3n) is 3.94. The van der Waals surface area contributed by atoms with Crippen LogP contribution in [0.1, 0.15) is 0 Å². The van der Waals surface area contributed by atoms with Gasteiger partial charge in [-0.1, -0.05) is 28.1 Å². The number of rotatable bonds is 4. The Morgan fingerprint density at radius 2 is 1.73 bits per heavy atom. The molecule has 3 aromatic carbocycles. The standard InChI is InChI=1S/C19H14BrN3O3/c20-13-3-1-12-8-15(5-2-11(12)7-13)26-10-18(24)21-14-4-6-16-17(9-14)23-19(25)22-16/h1-9H,10H2,(H,21,24)(H2,22,23,25). The van der Waals surface area contributed by atoms with E-state index in [1.54, 1.807) is 18.2 Å². The van der Waals surface area contributed by atoms with Gasteiger partial charge in [0.25, 0.3) is 5.91 Å². The number of carbonyl (C=O) groups is 1. The Hall–Kier alpha value is -3.06. The Labute approximate surface area is 156 Å². The molecule has 0 aliphatic carbocycles. The van der Waals surface area contributed by atoms with Crippen molar-refractivity contribution in [3.8, 4) is 5.75 Å². The summed E-state index contributed by atoms with van der Waals surface area (Å²) < 4.78 is 6.59. The zero-order valence-corrected chi connectivity index (χ0v) is 15.1. The third-order valence-corrected chi connectivity index (χ3v) is 4.44. The first kappa shape index (κ1) is 16.4. The number of aromatic amines is 2. The van der Waals surface area contributed by atoms with E-state index in [0.717, 1.165) is 15.2 Å².